The van der Waals surface area contributed by atoms with Crippen molar-refractivity contribution in [1.29, 1.82) is 0 Å². The Morgan fingerprint density at radius 1 is 1.12 bits per heavy atom. The Balaban J connectivity index is 1.40. The Morgan fingerprint density at radius 3 is 2.81 bits per heavy atom. The minimum Gasteiger partial charge on any atom is -0.389 e. The highest BCUT2D eigenvalue weighted by Crippen LogP contribution is 2.35. The van der Waals surface area contributed by atoms with E-state index in [2.05, 4.69) is 61.6 Å². The topological polar surface area (TPSA) is 80.2 Å². The maximum Gasteiger partial charge on any atom is 0.418 e. The van der Waals surface area contributed by atoms with Crippen LogP contribution in [0.2, 0.25) is 0 Å². The van der Waals surface area contributed by atoms with Crippen LogP contribution in [0.15, 0.2) is 73.2 Å². The van der Waals surface area contributed by atoms with Crippen molar-refractivity contribution >= 4 is 28.4 Å². The molecule has 1 aliphatic heterocycles. The van der Waals surface area contributed by atoms with Crippen molar-refractivity contribution in [2.75, 3.05) is 23.3 Å². The van der Waals surface area contributed by atoms with Gasteiger partial charge in [0.25, 0.3) is 0 Å². The molecule has 1 amide bonds. The van der Waals surface area contributed by atoms with E-state index in [4.69, 9.17) is 4.74 Å². The number of aromatic nitrogens is 3. The summed E-state index contributed by atoms with van der Waals surface area (Å²) >= 11 is 0. The zero-order chi connectivity index (χ0) is 21.9. The Labute approximate surface area is 186 Å². The van der Waals surface area contributed by atoms with Crippen LogP contribution >= 0.6 is 0 Å². The largest absolute Gasteiger partial charge is 0.418 e. The molecule has 0 aliphatic carbocycles. The zero-order valence-electron chi connectivity index (χ0n) is 17.7. The van der Waals surface area contributed by atoms with Crippen molar-refractivity contribution in [3.63, 3.8) is 0 Å². The number of carbonyl (C=O) groups is 1. The lowest BCUT2D eigenvalue weighted by molar-refractivity contribution is 0.213. The quantitative estimate of drug-likeness (QED) is 0.499. The molecule has 1 N–H and O–H groups in total. The second kappa shape index (κ2) is 8.63. The molecular weight excluding hydrogens is 402 g/mol. The summed E-state index contributed by atoms with van der Waals surface area (Å²) in [4.78, 5) is 27.2. The Bertz CT molecular complexity index is 1250. The number of aryl methyl sites for hydroxylation is 1. The number of hydrogen-bond acceptors (Lipinski definition) is 6. The van der Waals surface area contributed by atoms with E-state index >= 15 is 0 Å². The van der Waals surface area contributed by atoms with Crippen molar-refractivity contribution in [1.82, 2.24) is 15.0 Å². The first-order valence-corrected chi connectivity index (χ1v) is 10.6. The third-order valence-electron chi connectivity index (χ3n) is 5.70. The molecule has 160 valence electrons. The summed E-state index contributed by atoms with van der Waals surface area (Å²) in [6, 6.07) is 18.5. The molecule has 5 rings (SSSR count). The van der Waals surface area contributed by atoms with Crippen molar-refractivity contribution in [2.45, 2.75) is 19.3 Å². The second-order valence-corrected chi connectivity index (χ2v) is 7.92. The van der Waals surface area contributed by atoms with E-state index in [9.17, 15) is 4.79 Å². The summed E-state index contributed by atoms with van der Waals surface area (Å²) in [5.74, 6) is 0.649. The second-order valence-electron chi connectivity index (χ2n) is 7.92. The molecule has 7 heteroatoms. The number of rotatable bonds is 4. The molecule has 32 heavy (non-hydrogen) atoms. The maximum absolute atomic E-state index is 12.3. The van der Waals surface area contributed by atoms with Gasteiger partial charge in [0.15, 0.2) is 0 Å². The molecule has 1 atom stereocenters. The summed E-state index contributed by atoms with van der Waals surface area (Å²) in [6.07, 6.45) is 4.87. The summed E-state index contributed by atoms with van der Waals surface area (Å²) in [6.45, 7) is 3.94. The van der Waals surface area contributed by atoms with E-state index in [1.165, 1.54) is 24.2 Å². The third-order valence-corrected chi connectivity index (χ3v) is 5.70. The minimum absolute atomic E-state index is 0.146. The fourth-order valence-corrected chi connectivity index (χ4v) is 4.23. The first kappa shape index (κ1) is 19.9. The molecule has 0 spiro atoms. The number of nitrogens with one attached hydrogen (secondary N) is 1. The molecule has 1 fully saturated rings. The Morgan fingerprint density at radius 2 is 2.00 bits per heavy atom. The van der Waals surface area contributed by atoms with Gasteiger partial charge in [-0.2, -0.15) is 0 Å². The van der Waals surface area contributed by atoms with Gasteiger partial charge in [0.2, 0.25) is 5.88 Å². The number of nitrogens with zero attached hydrogens (tertiary/aromatic N) is 4. The van der Waals surface area contributed by atoms with Crippen molar-refractivity contribution in [3.8, 4) is 5.88 Å². The van der Waals surface area contributed by atoms with Gasteiger partial charge in [0, 0.05) is 53.9 Å². The number of carbonyl (C=O) groups excluding carboxylic acids is 1. The number of ether oxygens (including phenoxy) is 1. The van der Waals surface area contributed by atoms with Crippen LogP contribution in [-0.4, -0.2) is 34.1 Å². The van der Waals surface area contributed by atoms with E-state index < -0.39 is 6.09 Å². The smallest absolute Gasteiger partial charge is 0.389 e. The Kier molecular flexibility index (Phi) is 5.37. The first-order chi connectivity index (χ1) is 15.7. The van der Waals surface area contributed by atoms with Crippen LogP contribution in [0, 0.1) is 6.92 Å². The summed E-state index contributed by atoms with van der Waals surface area (Å²) in [5, 5.41) is 3.78. The number of pyridine rings is 1. The number of amides is 1. The fourth-order valence-electron chi connectivity index (χ4n) is 4.23. The van der Waals surface area contributed by atoms with Gasteiger partial charge in [-0.05, 0) is 43.2 Å². The highest BCUT2D eigenvalue weighted by atomic mass is 16.6. The number of fused-ring (bicyclic) bond motifs is 1. The lowest BCUT2D eigenvalue weighted by Gasteiger charge is -2.22. The normalized spacial score (nSPS) is 15.7. The lowest BCUT2D eigenvalue weighted by atomic mass is 9.99. The van der Waals surface area contributed by atoms with Gasteiger partial charge in [-0.25, -0.2) is 9.78 Å². The minimum atomic E-state index is -0.614. The van der Waals surface area contributed by atoms with E-state index in [1.807, 2.05) is 25.1 Å². The van der Waals surface area contributed by atoms with Crippen LogP contribution in [0.5, 0.6) is 5.88 Å². The van der Waals surface area contributed by atoms with E-state index in [0.717, 1.165) is 41.8 Å². The van der Waals surface area contributed by atoms with Gasteiger partial charge in [0.05, 0.1) is 11.7 Å². The predicted octanol–water partition coefficient (Wildman–Crippen LogP) is 4.94. The maximum atomic E-state index is 12.3. The Hall–Kier alpha value is -4.00. The van der Waals surface area contributed by atoms with Gasteiger partial charge in [-0.1, -0.05) is 30.3 Å². The third kappa shape index (κ3) is 4.23. The molecule has 0 bridgehead atoms. The van der Waals surface area contributed by atoms with Crippen LogP contribution in [0.4, 0.5) is 16.2 Å². The van der Waals surface area contributed by atoms with Crippen molar-refractivity contribution < 1.29 is 9.53 Å². The predicted molar refractivity (Wildman–Crippen MR) is 124 cm³/mol. The van der Waals surface area contributed by atoms with Crippen LogP contribution < -0.4 is 15.0 Å². The average molecular weight is 425 g/mol. The molecule has 1 aliphatic rings. The number of anilines is 2. The van der Waals surface area contributed by atoms with Crippen LogP contribution in [0.3, 0.4) is 0 Å². The zero-order valence-corrected chi connectivity index (χ0v) is 17.7. The number of benzene rings is 2. The van der Waals surface area contributed by atoms with Gasteiger partial charge < -0.3 is 9.64 Å². The summed E-state index contributed by atoms with van der Waals surface area (Å²) in [5.41, 5.74) is 5.02. The fraction of sp³-hybridized carbons (Fsp3) is 0.200. The van der Waals surface area contributed by atoms with Gasteiger partial charge in [-0.3, -0.25) is 15.3 Å². The lowest BCUT2D eigenvalue weighted by Crippen LogP contribution is -2.20. The molecule has 1 saturated heterocycles. The van der Waals surface area contributed by atoms with Crippen molar-refractivity contribution in [2.24, 2.45) is 0 Å². The van der Waals surface area contributed by atoms with Crippen LogP contribution in [-0.2, 0) is 0 Å². The van der Waals surface area contributed by atoms with Gasteiger partial charge in [-0.15, -0.1) is 0 Å². The van der Waals surface area contributed by atoms with E-state index in [0.29, 0.717) is 11.6 Å². The van der Waals surface area contributed by atoms with Crippen molar-refractivity contribution in [3.05, 3.63) is 84.4 Å². The van der Waals surface area contributed by atoms with Gasteiger partial charge >= 0.3 is 6.09 Å². The SMILES string of the molecule is Cc1cc(N2CCC(c3ccccc3)C2)c2cc(NC(=O)Oc3cnccn3)ccc2n1. The monoisotopic (exact) mass is 425 g/mol. The average Bonchev–Trinajstić information content (AvgIpc) is 3.30. The molecule has 7 nitrogen and oxygen atoms in total. The standard InChI is InChI=1S/C25H23N5O2/c1-17-13-23(30-12-9-19(16-30)18-5-3-2-4-6-18)21-14-20(7-8-22(21)28-17)29-25(31)32-24-15-26-10-11-27-24/h2-8,10-11,13-15,19H,9,12,16H2,1H3,(H,29,31). The molecule has 3 heterocycles. The molecule has 4 aromatic rings. The molecule has 2 aromatic heterocycles. The van der Waals surface area contributed by atoms with Gasteiger partial charge in [0.1, 0.15) is 0 Å². The van der Waals surface area contributed by atoms with E-state index in [1.54, 1.807) is 0 Å². The highest BCUT2D eigenvalue weighted by Gasteiger charge is 2.25. The highest BCUT2D eigenvalue weighted by molar-refractivity contribution is 5.97. The summed E-state index contributed by atoms with van der Waals surface area (Å²) < 4.78 is 5.19. The molecule has 2 aromatic carbocycles. The van der Waals surface area contributed by atoms with Crippen LogP contribution in [0.25, 0.3) is 10.9 Å². The molecular formula is C25H23N5O2. The van der Waals surface area contributed by atoms with E-state index in [-0.39, 0.29) is 5.88 Å². The molecule has 0 saturated carbocycles. The molecule has 0 radical (unpaired) electrons. The molecule has 1 unspecified atom stereocenters. The first-order valence-electron chi connectivity index (χ1n) is 10.6. The summed E-state index contributed by atoms with van der Waals surface area (Å²) in [7, 11) is 0. The number of hydrogen-bond donors (Lipinski definition) is 1. The van der Waals surface area contributed by atoms with Crippen LogP contribution in [0.1, 0.15) is 23.6 Å².